The molecule has 0 amide bonds. The van der Waals surface area contributed by atoms with Gasteiger partial charge in [0.25, 0.3) is 5.56 Å². The van der Waals surface area contributed by atoms with Crippen LogP contribution in [0.3, 0.4) is 0 Å². The van der Waals surface area contributed by atoms with E-state index in [2.05, 4.69) is 9.97 Å². The molecule has 0 fully saturated rings. The zero-order valence-electron chi connectivity index (χ0n) is 18.7. The third-order valence-corrected chi connectivity index (χ3v) is 5.05. The molecule has 178 valence electrons. The van der Waals surface area contributed by atoms with Crippen LogP contribution in [0.15, 0.2) is 41.6 Å². The van der Waals surface area contributed by atoms with Gasteiger partial charge < -0.3 is 9.64 Å². The van der Waals surface area contributed by atoms with Crippen LogP contribution in [0.25, 0.3) is 5.69 Å². The second kappa shape index (κ2) is 10.1. The molecule has 3 aromatic rings. The monoisotopic (exact) mass is 492 g/mol. The molecule has 0 aliphatic carbocycles. The van der Waals surface area contributed by atoms with Crippen LogP contribution in [0.5, 0.6) is 5.75 Å². The first-order valence-corrected chi connectivity index (χ1v) is 10.3. The normalized spacial score (nSPS) is 11.2. The van der Waals surface area contributed by atoms with Crippen molar-refractivity contribution in [2.45, 2.75) is 20.5 Å². The lowest BCUT2D eigenvalue weighted by atomic mass is 10.1. The summed E-state index contributed by atoms with van der Waals surface area (Å²) in [5.74, 6) is -3.53. The van der Waals surface area contributed by atoms with Crippen molar-refractivity contribution in [3.63, 3.8) is 0 Å². The number of aryl methyl sites for hydroxylation is 2. The average molecular weight is 493 g/mol. The lowest BCUT2D eigenvalue weighted by molar-refractivity contribution is 0.103. The summed E-state index contributed by atoms with van der Waals surface area (Å²) in [6.07, 6.45) is 4.71. The molecule has 0 unspecified atom stereocenters. The van der Waals surface area contributed by atoms with Crippen LogP contribution in [0, 0.1) is 31.3 Å². The number of carbonyl (C=O) groups is 1. The van der Waals surface area contributed by atoms with Gasteiger partial charge in [0.05, 0.1) is 11.9 Å². The van der Waals surface area contributed by atoms with Gasteiger partial charge in [0.15, 0.2) is 11.6 Å². The summed E-state index contributed by atoms with van der Waals surface area (Å²) in [7, 11) is 3.40. The minimum absolute atomic E-state index is 0.0942. The number of ether oxygens (including phenoxy) is 1. The zero-order chi connectivity index (χ0) is 25.2. The largest absolute Gasteiger partial charge is 0.485 e. The van der Waals surface area contributed by atoms with Gasteiger partial charge in [-0.3, -0.25) is 19.1 Å². The highest BCUT2D eigenvalue weighted by Gasteiger charge is 2.23. The number of hydrogen-bond donors (Lipinski definition) is 0. The lowest BCUT2D eigenvalue weighted by Gasteiger charge is -2.17. The summed E-state index contributed by atoms with van der Waals surface area (Å²) in [5, 5.41) is -0.399. The van der Waals surface area contributed by atoms with Crippen LogP contribution in [0.1, 0.15) is 27.4 Å². The van der Waals surface area contributed by atoms with Gasteiger partial charge in [-0.05, 0) is 19.4 Å². The van der Waals surface area contributed by atoms with Gasteiger partial charge in [-0.1, -0.05) is 11.6 Å². The van der Waals surface area contributed by atoms with Gasteiger partial charge >= 0.3 is 0 Å². The number of pyridine rings is 3. The number of hydrogen-bond acceptors (Lipinski definition) is 6. The highest BCUT2D eigenvalue weighted by atomic mass is 35.5. The number of halogens is 4. The van der Waals surface area contributed by atoms with E-state index < -0.39 is 46.1 Å². The standard InChI is InChI=1S/C23H20ClF3N4O3/c1-12-9-29-21(17(32)5-6-30(3)4)20(27)22(12)31-13(2)7-18(19(24)23(31)33)34-11-16-15(26)8-14(25)10-28-16/h5-10H,11H2,1-4H3/b6-5+. The summed E-state index contributed by atoms with van der Waals surface area (Å²) in [4.78, 5) is 34.6. The molecule has 0 aromatic carbocycles. The number of ketones is 1. The Balaban J connectivity index is 2.03. The van der Waals surface area contributed by atoms with E-state index in [9.17, 15) is 18.4 Å². The molecule has 7 nitrogen and oxygen atoms in total. The quantitative estimate of drug-likeness (QED) is 0.364. The summed E-state index contributed by atoms with van der Waals surface area (Å²) in [6.45, 7) is 2.62. The first kappa shape index (κ1) is 25.0. The molecule has 11 heteroatoms. The minimum atomic E-state index is -0.985. The number of aromatic nitrogens is 3. The summed E-state index contributed by atoms with van der Waals surface area (Å²) in [6, 6.07) is 2.01. The van der Waals surface area contributed by atoms with Gasteiger partial charge in [-0.2, -0.15) is 0 Å². The Morgan fingerprint density at radius 1 is 1.18 bits per heavy atom. The zero-order valence-corrected chi connectivity index (χ0v) is 19.5. The van der Waals surface area contributed by atoms with Crippen molar-refractivity contribution >= 4 is 17.4 Å². The number of rotatable bonds is 7. The van der Waals surface area contributed by atoms with Crippen molar-refractivity contribution in [1.29, 1.82) is 0 Å². The van der Waals surface area contributed by atoms with E-state index in [0.29, 0.717) is 6.07 Å². The second-order valence-corrected chi connectivity index (χ2v) is 7.95. The third-order valence-electron chi connectivity index (χ3n) is 4.71. The van der Waals surface area contributed by atoms with Crippen molar-refractivity contribution < 1.29 is 22.7 Å². The van der Waals surface area contributed by atoms with Crippen molar-refractivity contribution in [2.75, 3.05) is 14.1 Å². The molecule has 0 spiro atoms. The average Bonchev–Trinajstić information content (AvgIpc) is 2.76. The SMILES string of the molecule is Cc1cnc(C(=O)/C=C/N(C)C)c(F)c1-n1c(C)cc(OCc2ncc(F)cc2F)c(Cl)c1=O. The summed E-state index contributed by atoms with van der Waals surface area (Å²) >= 11 is 6.19. The van der Waals surface area contributed by atoms with Gasteiger partial charge in [0.2, 0.25) is 5.78 Å². The van der Waals surface area contributed by atoms with E-state index in [1.807, 2.05) is 0 Å². The van der Waals surface area contributed by atoms with Crippen LogP contribution in [-0.2, 0) is 6.61 Å². The molecule has 0 radical (unpaired) electrons. The molecule has 3 aromatic heterocycles. The maximum atomic E-state index is 15.4. The molecule has 3 rings (SSSR count). The van der Waals surface area contributed by atoms with Crippen LogP contribution in [-0.4, -0.2) is 39.3 Å². The van der Waals surface area contributed by atoms with Crippen molar-refractivity contribution in [3.05, 3.63) is 92.3 Å². The molecule has 0 bridgehead atoms. The fourth-order valence-electron chi connectivity index (χ4n) is 3.07. The molecule has 0 atom stereocenters. The molecule has 0 N–H and O–H groups in total. The predicted molar refractivity (Wildman–Crippen MR) is 120 cm³/mol. The highest BCUT2D eigenvalue weighted by Crippen LogP contribution is 2.27. The van der Waals surface area contributed by atoms with E-state index in [-0.39, 0.29) is 28.4 Å². The molecular weight excluding hydrogens is 473 g/mol. The first-order chi connectivity index (χ1) is 16.0. The van der Waals surface area contributed by atoms with Gasteiger partial charge in [-0.25, -0.2) is 18.2 Å². The Kier molecular flexibility index (Phi) is 7.41. The molecule has 0 saturated carbocycles. The second-order valence-electron chi connectivity index (χ2n) is 7.57. The molecular formula is C23H20ClF3N4O3. The Morgan fingerprint density at radius 2 is 1.88 bits per heavy atom. The third kappa shape index (κ3) is 5.12. The number of carbonyl (C=O) groups excluding carboxylic acids is 1. The highest BCUT2D eigenvalue weighted by molar-refractivity contribution is 6.31. The van der Waals surface area contributed by atoms with Crippen molar-refractivity contribution in [3.8, 4) is 11.4 Å². The molecule has 34 heavy (non-hydrogen) atoms. The van der Waals surface area contributed by atoms with E-state index in [1.165, 1.54) is 32.3 Å². The van der Waals surface area contributed by atoms with E-state index in [0.717, 1.165) is 16.8 Å². The molecule has 0 saturated heterocycles. The Labute approximate surface area is 198 Å². The van der Waals surface area contributed by atoms with Crippen LogP contribution in [0.4, 0.5) is 13.2 Å². The van der Waals surface area contributed by atoms with Gasteiger partial charge in [-0.15, -0.1) is 0 Å². The van der Waals surface area contributed by atoms with Crippen molar-refractivity contribution in [2.24, 2.45) is 0 Å². The Morgan fingerprint density at radius 3 is 2.53 bits per heavy atom. The first-order valence-electron chi connectivity index (χ1n) is 9.90. The van der Waals surface area contributed by atoms with Crippen LogP contribution in [0.2, 0.25) is 5.02 Å². The Hall–Kier alpha value is -3.66. The molecule has 3 heterocycles. The van der Waals surface area contributed by atoms with Crippen LogP contribution < -0.4 is 10.3 Å². The minimum Gasteiger partial charge on any atom is -0.485 e. The summed E-state index contributed by atoms with van der Waals surface area (Å²) < 4.78 is 48.7. The smallest absolute Gasteiger partial charge is 0.278 e. The van der Waals surface area contributed by atoms with E-state index in [4.69, 9.17) is 16.3 Å². The maximum Gasteiger partial charge on any atom is 0.278 e. The lowest BCUT2D eigenvalue weighted by Crippen LogP contribution is -2.25. The summed E-state index contributed by atoms with van der Waals surface area (Å²) in [5.41, 5.74) is -1.13. The Bertz CT molecular complexity index is 1360. The maximum absolute atomic E-state index is 15.4. The fraction of sp³-hybridized carbons (Fsp3) is 0.217. The fourth-order valence-corrected chi connectivity index (χ4v) is 3.26. The van der Waals surface area contributed by atoms with E-state index in [1.54, 1.807) is 19.0 Å². The predicted octanol–water partition coefficient (Wildman–Crippen LogP) is 4.15. The van der Waals surface area contributed by atoms with Gasteiger partial charge in [0, 0.05) is 50.4 Å². The van der Waals surface area contributed by atoms with Crippen molar-refractivity contribution in [1.82, 2.24) is 19.4 Å². The molecule has 0 aliphatic rings. The topological polar surface area (TPSA) is 77.3 Å². The van der Waals surface area contributed by atoms with E-state index >= 15 is 4.39 Å². The number of allylic oxidation sites excluding steroid dienone is 1. The molecule has 0 aliphatic heterocycles. The number of nitrogens with zero attached hydrogens (tertiary/aromatic N) is 4. The van der Waals surface area contributed by atoms with Crippen LogP contribution >= 0.6 is 11.6 Å². The van der Waals surface area contributed by atoms with Gasteiger partial charge in [0.1, 0.15) is 34.6 Å².